The average Bonchev–Trinajstić information content (AvgIpc) is 3.41. The fourth-order valence-corrected chi connectivity index (χ4v) is 3.88. The molecule has 2 N–H and O–H groups in total. The van der Waals surface area contributed by atoms with Crippen LogP contribution in [0, 0.1) is 0 Å². The first-order valence-electron chi connectivity index (χ1n) is 8.92. The molecule has 5 rings (SSSR count). The lowest BCUT2D eigenvalue weighted by Gasteiger charge is -2.15. The summed E-state index contributed by atoms with van der Waals surface area (Å²) in [6.45, 7) is 2.74. The minimum atomic E-state index is 0.569. The lowest BCUT2D eigenvalue weighted by Crippen LogP contribution is -2.16. The maximum absolute atomic E-state index is 4.88. The van der Waals surface area contributed by atoms with Gasteiger partial charge in [0.2, 0.25) is 0 Å². The number of rotatable bonds is 4. The van der Waals surface area contributed by atoms with Gasteiger partial charge in [-0.1, -0.05) is 6.07 Å². The van der Waals surface area contributed by atoms with E-state index >= 15 is 0 Å². The molecule has 128 valence electrons. The Kier molecular flexibility index (Phi) is 3.83. The molecule has 3 aromatic rings. The highest BCUT2D eigenvalue weighted by molar-refractivity contribution is 7.00. The van der Waals surface area contributed by atoms with Gasteiger partial charge in [0.25, 0.3) is 0 Å². The van der Waals surface area contributed by atoms with E-state index in [1.165, 1.54) is 41.4 Å². The van der Waals surface area contributed by atoms with Crippen LogP contribution in [0.2, 0.25) is 0 Å². The Bertz CT molecular complexity index is 917. The molecule has 2 aliphatic rings. The van der Waals surface area contributed by atoms with Gasteiger partial charge in [-0.2, -0.15) is 8.75 Å². The summed E-state index contributed by atoms with van der Waals surface area (Å²) >= 11 is 1.26. The van der Waals surface area contributed by atoms with Crippen LogP contribution < -0.4 is 10.6 Å². The fraction of sp³-hybridized carbons (Fsp3) is 0.444. The van der Waals surface area contributed by atoms with Crippen molar-refractivity contribution in [2.75, 3.05) is 18.4 Å². The van der Waals surface area contributed by atoms with Gasteiger partial charge in [0, 0.05) is 31.0 Å². The number of nitrogens with zero attached hydrogens (tertiary/aromatic N) is 4. The van der Waals surface area contributed by atoms with Crippen LogP contribution in [-0.2, 0) is 19.4 Å². The first-order valence-corrected chi connectivity index (χ1v) is 9.65. The molecular weight excluding hydrogens is 332 g/mol. The Labute approximate surface area is 150 Å². The van der Waals surface area contributed by atoms with E-state index in [2.05, 4.69) is 31.5 Å². The van der Waals surface area contributed by atoms with Crippen LogP contribution in [-0.4, -0.2) is 31.8 Å². The molecule has 0 bridgehead atoms. The van der Waals surface area contributed by atoms with E-state index in [-0.39, 0.29) is 0 Å². The quantitative estimate of drug-likeness (QED) is 0.752. The predicted molar refractivity (Wildman–Crippen MR) is 99.0 cm³/mol. The summed E-state index contributed by atoms with van der Waals surface area (Å²) in [5.74, 6) is 2.62. The summed E-state index contributed by atoms with van der Waals surface area (Å²) < 4.78 is 8.60. The van der Waals surface area contributed by atoms with Crippen LogP contribution in [0.1, 0.15) is 41.4 Å². The van der Waals surface area contributed by atoms with Crippen LogP contribution in [0.4, 0.5) is 5.82 Å². The van der Waals surface area contributed by atoms with Gasteiger partial charge in [-0.3, -0.25) is 0 Å². The van der Waals surface area contributed by atoms with Crippen LogP contribution in [0.15, 0.2) is 18.2 Å². The van der Waals surface area contributed by atoms with E-state index in [0.29, 0.717) is 5.92 Å². The van der Waals surface area contributed by atoms with E-state index in [1.807, 2.05) is 6.07 Å². The molecule has 0 spiro atoms. The Hall–Kier alpha value is -2.12. The topological polar surface area (TPSA) is 75.6 Å². The molecule has 0 unspecified atom stereocenters. The molecule has 0 atom stereocenters. The van der Waals surface area contributed by atoms with Gasteiger partial charge < -0.3 is 10.6 Å². The van der Waals surface area contributed by atoms with E-state index in [4.69, 9.17) is 9.97 Å². The van der Waals surface area contributed by atoms with Crippen molar-refractivity contribution >= 4 is 28.6 Å². The number of nitrogens with one attached hydrogen (secondary N) is 2. The summed E-state index contributed by atoms with van der Waals surface area (Å²) in [6.07, 6.45) is 4.42. The maximum Gasteiger partial charge on any atom is 0.134 e. The molecule has 0 amide bonds. The van der Waals surface area contributed by atoms with Crippen molar-refractivity contribution < 1.29 is 0 Å². The lowest BCUT2D eigenvalue weighted by molar-refractivity contribution is 0.707. The van der Waals surface area contributed by atoms with Crippen LogP contribution in [0.25, 0.3) is 11.0 Å². The number of anilines is 1. The number of hydrogen-bond acceptors (Lipinski definition) is 7. The summed E-state index contributed by atoms with van der Waals surface area (Å²) in [6, 6.07) is 6.25. The number of aromatic nitrogens is 4. The Morgan fingerprint density at radius 1 is 1.08 bits per heavy atom. The van der Waals surface area contributed by atoms with Gasteiger partial charge in [0.1, 0.15) is 22.7 Å². The molecule has 2 aromatic heterocycles. The predicted octanol–water partition coefficient (Wildman–Crippen LogP) is 2.66. The Morgan fingerprint density at radius 3 is 2.88 bits per heavy atom. The molecule has 1 aromatic carbocycles. The molecule has 1 aliphatic heterocycles. The molecule has 1 aliphatic carbocycles. The standard InChI is InChI=1S/C18H20N6S/c1-4-15-16(24-25-23-15)9-11(1)10-20-18-13-5-7-19-8-6-14(13)21-17(22-18)12-2-3-12/h1,4,9,12,19H,2-3,5-8,10H2,(H,20,21,22). The van der Waals surface area contributed by atoms with Crippen molar-refractivity contribution in [3.63, 3.8) is 0 Å². The van der Waals surface area contributed by atoms with Crippen LogP contribution in [0.3, 0.4) is 0 Å². The van der Waals surface area contributed by atoms with Gasteiger partial charge in [-0.15, -0.1) is 0 Å². The summed E-state index contributed by atoms with van der Waals surface area (Å²) in [5, 5.41) is 7.04. The fourth-order valence-electron chi connectivity index (χ4n) is 3.36. The van der Waals surface area contributed by atoms with Gasteiger partial charge in [-0.25, -0.2) is 9.97 Å². The van der Waals surface area contributed by atoms with Crippen molar-refractivity contribution in [2.24, 2.45) is 0 Å². The average molecular weight is 352 g/mol. The molecule has 3 heterocycles. The zero-order chi connectivity index (χ0) is 16.6. The molecule has 0 radical (unpaired) electrons. The minimum Gasteiger partial charge on any atom is -0.366 e. The SMILES string of the molecule is c1cc2nsnc2cc1CNc1nc(C2CC2)nc2c1CCNCC2. The van der Waals surface area contributed by atoms with E-state index in [1.54, 1.807) is 0 Å². The number of fused-ring (bicyclic) bond motifs is 2. The molecule has 0 saturated heterocycles. The highest BCUT2D eigenvalue weighted by Crippen LogP contribution is 2.39. The summed E-state index contributed by atoms with van der Waals surface area (Å²) in [5.41, 5.74) is 5.64. The molecule has 6 nitrogen and oxygen atoms in total. The summed E-state index contributed by atoms with van der Waals surface area (Å²) in [7, 11) is 0. The van der Waals surface area contributed by atoms with E-state index in [0.717, 1.165) is 55.2 Å². The van der Waals surface area contributed by atoms with Crippen molar-refractivity contribution in [1.29, 1.82) is 0 Å². The molecular formula is C18H20N6S. The smallest absolute Gasteiger partial charge is 0.134 e. The first-order chi connectivity index (χ1) is 12.4. The molecule has 1 saturated carbocycles. The molecule has 7 heteroatoms. The van der Waals surface area contributed by atoms with Gasteiger partial charge in [0.15, 0.2) is 0 Å². The molecule has 1 fully saturated rings. The zero-order valence-electron chi connectivity index (χ0n) is 14.0. The Balaban J connectivity index is 1.44. The normalized spacial score (nSPS) is 17.3. The van der Waals surface area contributed by atoms with Gasteiger partial charge in [0.05, 0.1) is 17.4 Å². The third kappa shape index (κ3) is 3.09. The zero-order valence-corrected chi connectivity index (χ0v) is 14.8. The monoisotopic (exact) mass is 352 g/mol. The van der Waals surface area contributed by atoms with Crippen molar-refractivity contribution in [3.8, 4) is 0 Å². The second-order valence-corrected chi connectivity index (χ2v) is 7.35. The van der Waals surface area contributed by atoms with Crippen LogP contribution >= 0.6 is 11.7 Å². The van der Waals surface area contributed by atoms with E-state index < -0.39 is 0 Å². The number of hydrogen-bond donors (Lipinski definition) is 2. The van der Waals surface area contributed by atoms with Crippen molar-refractivity contribution in [1.82, 2.24) is 24.0 Å². The Morgan fingerprint density at radius 2 is 1.96 bits per heavy atom. The largest absolute Gasteiger partial charge is 0.366 e. The van der Waals surface area contributed by atoms with Crippen molar-refractivity contribution in [2.45, 2.75) is 38.1 Å². The second kappa shape index (κ2) is 6.31. The number of benzene rings is 1. The molecule has 25 heavy (non-hydrogen) atoms. The lowest BCUT2D eigenvalue weighted by atomic mass is 10.1. The van der Waals surface area contributed by atoms with Gasteiger partial charge >= 0.3 is 0 Å². The van der Waals surface area contributed by atoms with Gasteiger partial charge in [-0.05, 0) is 43.5 Å². The highest BCUT2D eigenvalue weighted by atomic mass is 32.1. The minimum absolute atomic E-state index is 0.569. The first kappa shape index (κ1) is 15.2. The van der Waals surface area contributed by atoms with Crippen LogP contribution in [0.5, 0.6) is 0 Å². The van der Waals surface area contributed by atoms with Crippen molar-refractivity contribution in [3.05, 3.63) is 40.8 Å². The highest BCUT2D eigenvalue weighted by Gasteiger charge is 2.29. The third-order valence-corrected chi connectivity index (χ3v) is 5.48. The third-order valence-electron chi connectivity index (χ3n) is 4.92. The van der Waals surface area contributed by atoms with E-state index in [9.17, 15) is 0 Å². The summed E-state index contributed by atoms with van der Waals surface area (Å²) in [4.78, 5) is 9.76. The second-order valence-electron chi connectivity index (χ2n) is 6.82. The maximum atomic E-state index is 4.88.